The second kappa shape index (κ2) is 6.32. The minimum Gasteiger partial charge on any atom is -0.481 e. The number of pyridine rings is 1. The summed E-state index contributed by atoms with van der Waals surface area (Å²) >= 11 is 0. The minimum absolute atomic E-state index is 0.0236. The smallest absolute Gasteiger partial charge is 0.406 e. The minimum atomic E-state index is -4.46. The van der Waals surface area contributed by atoms with Crippen LogP contribution in [0.2, 0.25) is 0 Å². The van der Waals surface area contributed by atoms with Crippen LogP contribution >= 0.6 is 0 Å². The molecule has 0 saturated heterocycles. The summed E-state index contributed by atoms with van der Waals surface area (Å²) in [7, 11) is 1.37. The zero-order chi connectivity index (χ0) is 16.3. The Labute approximate surface area is 121 Å². The Bertz CT molecular complexity index is 480. The lowest BCUT2D eigenvalue weighted by Crippen LogP contribution is -2.43. The number of methoxy groups -OCH3 is 1. The molecule has 0 radical (unpaired) electrons. The van der Waals surface area contributed by atoms with E-state index in [1.807, 2.05) is 0 Å². The summed E-state index contributed by atoms with van der Waals surface area (Å²) in [5, 5.41) is 0. The van der Waals surface area contributed by atoms with Crippen LogP contribution in [0.4, 0.5) is 13.2 Å². The molecule has 1 amide bonds. The molecule has 1 heterocycles. The molecular weight excluding hydrogens is 285 g/mol. The molecule has 0 aliphatic heterocycles. The second-order valence-corrected chi connectivity index (χ2v) is 5.90. The zero-order valence-electron chi connectivity index (χ0n) is 12.5. The van der Waals surface area contributed by atoms with E-state index in [1.54, 1.807) is 20.8 Å². The fraction of sp³-hybridized carbons (Fsp3) is 0.571. The molecule has 4 nitrogen and oxygen atoms in total. The highest BCUT2D eigenvalue weighted by molar-refractivity contribution is 5.92. The Hall–Kier alpha value is -1.79. The number of carbonyl (C=O) groups is 1. The van der Waals surface area contributed by atoms with E-state index in [-0.39, 0.29) is 18.1 Å². The van der Waals surface area contributed by atoms with Crippen LogP contribution in [0.5, 0.6) is 5.88 Å². The highest BCUT2D eigenvalue weighted by atomic mass is 19.4. The normalized spacial score (nSPS) is 12.1. The quantitative estimate of drug-likeness (QED) is 0.858. The lowest BCUT2D eigenvalue weighted by Gasteiger charge is -2.30. The maximum Gasteiger partial charge on any atom is 0.406 e. The van der Waals surface area contributed by atoms with Gasteiger partial charge in [-0.2, -0.15) is 13.2 Å². The van der Waals surface area contributed by atoms with Crippen LogP contribution < -0.4 is 4.74 Å². The molecule has 0 aromatic carbocycles. The van der Waals surface area contributed by atoms with Gasteiger partial charge in [0.25, 0.3) is 5.91 Å². The van der Waals surface area contributed by atoms with Gasteiger partial charge in [-0.25, -0.2) is 4.98 Å². The monoisotopic (exact) mass is 304 g/mol. The van der Waals surface area contributed by atoms with Crippen LogP contribution in [0, 0.1) is 5.41 Å². The average molecular weight is 304 g/mol. The van der Waals surface area contributed by atoms with Gasteiger partial charge in [0.1, 0.15) is 12.2 Å². The summed E-state index contributed by atoms with van der Waals surface area (Å²) in [4.78, 5) is 16.9. The number of hydrogen-bond acceptors (Lipinski definition) is 3. The summed E-state index contributed by atoms with van der Waals surface area (Å²) in [5.74, 6) is -0.579. The Kier molecular flexibility index (Phi) is 5.20. The van der Waals surface area contributed by atoms with Gasteiger partial charge in [0.15, 0.2) is 0 Å². The Morgan fingerprint density at radius 3 is 2.33 bits per heavy atom. The van der Waals surface area contributed by atoms with Gasteiger partial charge in [-0.15, -0.1) is 0 Å². The van der Waals surface area contributed by atoms with E-state index >= 15 is 0 Å². The molecule has 0 bridgehead atoms. The van der Waals surface area contributed by atoms with Gasteiger partial charge in [-0.3, -0.25) is 4.79 Å². The first kappa shape index (κ1) is 17.3. The first-order valence-electron chi connectivity index (χ1n) is 6.39. The van der Waals surface area contributed by atoms with Crippen molar-refractivity contribution in [3.8, 4) is 5.88 Å². The van der Waals surface area contributed by atoms with Crippen LogP contribution in [0.15, 0.2) is 18.2 Å². The Morgan fingerprint density at radius 1 is 1.24 bits per heavy atom. The molecule has 7 heteroatoms. The number of aromatic nitrogens is 1. The summed E-state index contributed by atoms with van der Waals surface area (Å²) in [6, 6.07) is 4.41. The average Bonchev–Trinajstić information content (AvgIpc) is 2.34. The molecule has 0 N–H and O–H groups in total. The topological polar surface area (TPSA) is 42.4 Å². The summed E-state index contributed by atoms with van der Waals surface area (Å²) in [6.45, 7) is 3.97. The standard InChI is InChI=1S/C14H19F3N2O2/c1-13(2,3)8-19(9-14(15,16)17)12(20)10-6-5-7-11(18-10)21-4/h5-7H,8-9H2,1-4H3. The summed E-state index contributed by atoms with van der Waals surface area (Å²) in [6.07, 6.45) is -4.46. The van der Waals surface area contributed by atoms with Gasteiger partial charge in [-0.05, 0) is 11.5 Å². The fourth-order valence-electron chi connectivity index (χ4n) is 1.80. The number of nitrogens with zero attached hydrogens (tertiary/aromatic N) is 2. The summed E-state index contributed by atoms with van der Waals surface area (Å²) in [5.41, 5.74) is -0.525. The largest absolute Gasteiger partial charge is 0.481 e. The van der Waals surface area contributed by atoms with Gasteiger partial charge in [0.05, 0.1) is 7.11 Å². The highest BCUT2D eigenvalue weighted by Gasteiger charge is 2.35. The van der Waals surface area contributed by atoms with Crippen molar-refractivity contribution in [1.29, 1.82) is 0 Å². The lowest BCUT2D eigenvalue weighted by atomic mass is 9.96. The number of amides is 1. The fourth-order valence-corrected chi connectivity index (χ4v) is 1.80. The van der Waals surface area contributed by atoms with Gasteiger partial charge in [0, 0.05) is 12.6 Å². The van der Waals surface area contributed by atoms with Crippen molar-refractivity contribution in [3.05, 3.63) is 23.9 Å². The molecule has 0 aliphatic rings. The maximum absolute atomic E-state index is 12.7. The van der Waals surface area contributed by atoms with Crippen LogP contribution in [0.25, 0.3) is 0 Å². The van der Waals surface area contributed by atoms with Gasteiger partial charge < -0.3 is 9.64 Å². The molecule has 0 aliphatic carbocycles. The third-order valence-corrected chi connectivity index (χ3v) is 2.47. The Morgan fingerprint density at radius 2 is 1.86 bits per heavy atom. The van der Waals surface area contributed by atoms with Crippen molar-refractivity contribution in [2.45, 2.75) is 26.9 Å². The van der Waals surface area contributed by atoms with E-state index in [1.165, 1.54) is 25.3 Å². The number of carbonyl (C=O) groups excluding carboxylic acids is 1. The molecule has 21 heavy (non-hydrogen) atoms. The van der Waals surface area contributed by atoms with E-state index < -0.39 is 24.0 Å². The zero-order valence-corrected chi connectivity index (χ0v) is 12.5. The van der Waals surface area contributed by atoms with E-state index in [2.05, 4.69) is 4.98 Å². The number of halogens is 3. The third-order valence-electron chi connectivity index (χ3n) is 2.47. The molecule has 1 aromatic rings. The van der Waals surface area contributed by atoms with Crippen LogP contribution in [0.3, 0.4) is 0 Å². The predicted octanol–water partition coefficient (Wildman–Crippen LogP) is 3.14. The molecule has 1 rings (SSSR count). The SMILES string of the molecule is COc1cccc(C(=O)N(CC(C)(C)C)CC(F)(F)F)n1. The van der Waals surface area contributed by atoms with Crippen molar-refractivity contribution in [3.63, 3.8) is 0 Å². The van der Waals surface area contributed by atoms with E-state index in [4.69, 9.17) is 4.74 Å². The van der Waals surface area contributed by atoms with Crippen LogP contribution in [-0.2, 0) is 0 Å². The van der Waals surface area contributed by atoms with Crippen LogP contribution in [0.1, 0.15) is 31.3 Å². The molecule has 118 valence electrons. The van der Waals surface area contributed by atoms with Crippen molar-refractivity contribution in [2.24, 2.45) is 5.41 Å². The van der Waals surface area contributed by atoms with Crippen molar-refractivity contribution < 1.29 is 22.7 Å². The molecule has 0 unspecified atom stereocenters. The van der Waals surface area contributed by atoms with Crippen molar-refractivity contribution >= 4 is 5.91 Å². The summed E-state index contributed by atoms with van der Waals surface area (Å²) < 4.78 is 42.9. The molecule has 0 fully saturated rings. The number of ether oxygens (including phenoxy) is 1. The number of hydrogen-bond donors (Lipinski definition) is 0. The Balaban J connectivity index is 3.03. The first-order chi connectivity index (χ1) is 9.52. The van der Waals surface area contributed by atoms with Gasteiger partial charge in [-0.1, -0.05) is 26.8 Å². The molecule has 0 atom stereocenters. The molecular formula is C14H19F3N2O2. The van der Waals surface area contributed by atoms with Gasteiger partial charge in [0.2, 0.25) is 5.88 Å². The van der Waals surface area contributed by atoms with Crippen molar-refractivity contribution in [1.82, 2.24) is 9.88 Å². The maximum atomic E-state index is 12.7. The first-order valence-corrected chi connectivity index (χ1v) is 6.39. The van der Waals surface area contributed by atoms with E-state index in [9.17, 15) is 18.0 Å². The lowest BCUT2D eigenvalue weighted by molar-refractivity contribution is -0.142. The van der Waals surface area contributed by atoms with Crippen LogP contribution in [-0.4, -0.2) is 42.2 Å². The number of alkyl halides is 3. The van der Waals surface area contributed by atoms with Gasteiger partial charge >= 0.3 is 6.18 Å². The second-order valence-electron chi connectivity index (χ2n) is 5.90. The third kappa shape index (κ3) is 6.01. The molecule has 0 spiro atoms. The predicted molar refractivity (Wildman–Crippen MR) is 72.2 cm³/mol. The van der Waals surface area contributed by atoms with E-state index in [0.717, 1.165) is 4.90 Å². The van der Waals surface area contributed by atoms with Crippen molar-refractivity contribution in [2.75, 3.05) is 20.2 Å². The molecule has 1 aromatic heterocycles. The van der Waals surface area contributed by atoms with E-state index in [0.29, 0.717) is 0 Å². The highest BCUT2D eigenvalue weighted by Crippen LogP contribution is 2.23. The molecule has 0 saturated carbocycles. The number of rotatable bonds is 4.